The predicted molar refractivity (Wildman–Crippen MR) is 127 cm³/mol. The summed E-state index contributed by atoms with van der Waals surface area (Å²) in [6.07, 6.45) is 13.2. The average molecular weight is 431 g/mol. The third-order valence-corrected chi connectivity index (χ3v) is 10.8. The maximum Gasteiger partial charge on any atom is 0.0613 e. The smallest absolute Gasteiger partial charge is 0.0613 e. The van der Waals surface area contributed by atoms with Crippen LogP contribution in [0.4, 0.5) is 0 Å². The van der Waals surface area contributed by atoms with Crippen molar-refractivity contribution in [3.8, 4) is 0 Å². The van der Waals surface area contributed by atoms with Gasteiger partial charge in [-0.05, 0) is 97.7 Å². The molecule has 2 N–H and O–H groups in total. The molecular formula is C27H46N2O2. The maximum absolute atomic E-state index is 9.97. The molecule has 4 aliphatic rings. The Hall–Kier alpha value is -1.06. The van der Waals surface area contributed by atoms with Crippen molar-refractivity contribution in [1.82, 2.24) is 0 Å². The predicted octanol–water partition coefficient (Wildman–Crippen LogP) is 7.38. The fraction of sp³-hybridized carbons (Fsp3) is 0.926. The van der Waals surface area contributed by atoms with E-state index in [9.17, 15) is 10.4 Å². The van der Waals surface area contributed by atoms with E-state index in [4.69, 9.17) is 0 Å². The van der Waals surface area contributed by atoms with Crippen LogP contribution < -0.4 is 0 Å². The highest BCUT2D eigenvalue weighted by atomic mass is 16.4. The first-order valence-corrected chi connectivity index (χ1v) is 13.1. The maximum atomic E-state index is 9.97. The van der Waals surface area contributed by atoms with E-state index in [1.807, 2.05) is 0 Å². The summed E-state index contributed by atoms with van der Waals surface area (Å²) < 4.78 is 0. The molecule has 4 nitrogen and oxygen atoms in total. The van der Waals surface area contributed by atoms with Crippen molar-refractivity contribution >= 4 is 11.4 Å². The lowest BCUT2D eigenvalue weighted by molar-refractivity contribution is -0.0734. The summed E-state index contributed by atoms with van der Waals surface area (Å²) in [7, 11) is 0. The zero-order chi connectivity index (χ0) is 22.4. The molecule has 0 heterocycles. The molecular weight excluding hydrogens is 384 g/mol. The van der Waals surface area contributed by atoms with Crippen molar-refractivity contribution in [2.45, 2.75) is 105 Å². The molecule has 0 saturated heterocycles. The van der Waals surface area contributed by atoms with Crippen LogP contribution in [0.25, 0.3) is 0 Å². The molecule has 0 aromatic rings. The van der Waals surface area contributed by atoms with Crippen molar-refractivity contribution < 1.29 is 10.4 Å². The fourth-order valence-electron chi connectivity index (χ4n) is 9.10. The number of hydrogen-bond acceptors (Lipinski definition) is 4. The molecule has 31 heavy (non-hydrogen) atoms. The van der Waals surface area contributed by atoms with Gasteiger partial charge in [0.15, 0.2) is 0 Å². The first-order chi connectivity index (χ1) is 14.7. The third kappa shape index (κ3) is 3.84. The summed E-state index contributed by atoms with van der Waals surface area (Å²) in [5, 5.41) is 26.8. The Labute approximate surface area is 189 Å². The summed E-state index contributed by atoms with van der Waals surface area (Å²) >= 11 is 0. The molecule has 0 spiro atoms. The molecule has 4 heteroatoms. The highest BCUT2D eigenvalue weighted by Gasteiger charge is 2.62. The van der Waals surface area contributed by atoms with Gasteiger partial charge in [-0.15, -0.1) is 0 Å². The van der Waals surface area contributed by atoms with Crippen LogP contribution in [0.5, 0.6) is 0 Å². The minimum absolute atomic E-state index is 0.182. The lowest BCUT2D eigenvalue weighted by Crippen LogP contribution is -2.56. The molecule has 0 bridgehead atoms. The Bertz CT molecular complexity index is 716. The van der Waals surface area contributed by atoms with Crippen LogP contribution >= 0.6 is 0 Å². The average Bonchev–Trinajstić information content (AvgIpc) is 3.09. The van der Waals surface area contributed by atoms with Gasteiger partial charge in [-0.25, -0.2) is 0 Å². The quantitative estimate of drug-likeness (QED) is 0.353. The molecule has 0 amide bonds. The minimum atomic E-state index is 0.182. The second kappa shape index (κ2) is 8.71. The van der Waals surface area contributed by atoms with Crippen LogP contribution in [0.1, 0.15) is 105 Å². The van der Waals surface area contributed by atoms with Crippen molar-refractivity contribution in [2.75, 3.05) is 0 Å². The van der Waals surface area contributed by atoms with Crippen LogP contribution in [0.3, 0.4) is 0 Å². The standard InChI is InChI=1S/C27H46N2O2/c1-17(2)7-6-8-18(3)21-9-10-22-20-16-25(29-31)24-15-19(28-30)11-13-27(24,5)23(20)12-14-26(21,22)4/h17-18,20-24,30-31H,6-16H2,1-5H3/b28-19-,29-25-/t18-,20+,21-,22+,23+,24-,26-,27-/m1/s1. The molecule has 0 aromatic heterocycles. The SMILES string of the molecule is CC(C)CCC[C@@H](C)[C@H]1CC[C@H]2[C@@H]3C/C(=N/O)[C@H]4C/C(=N\O)CC[C@]4(C)[C@H]3CC[C@]12C. The van der Waals surface area contributed by atoms with Crippen LogP contribution in [-0.2, 0) is 0 Å². The van der Waals surface area contributed by atoms with Gasteiger partial charge < -0.3 is 10.4 Å². The number of nitrogens with zero attached hydrogens (tertiary/aromatic N) is 2. The summed E-state index contributed by atoms with van der Waals surface area (Å²) in [5.74, 6) is 4.88. The van der Waals surface area contributed by atoms with Crippen LogP contribution in [0, 0.1) is 52.3 Å². The van der Waals surface area contributed by atoms with E-state index in [0.717, 1.165) is 66.7 Å². The monoisotopic (exact) mass is 430 g/mol. The number of fused-ring (bicyclic) bond motifs is 5. The van der Waals surface area contributed by atoms with Gasteiger partial charge >= 0.3 is 0 Å². The molecule has 0 aliphatic heterocycles. The lowest BCUT2D eigenvalue weighted by Gasteiger charge is -2.60. The third-order valence-electron chi connectivity index (χ3n) is 10.8. The van der Waals surface area contributed by atoms with Gasteiger partial charge in [0.25, 0.3) is 0 Å². The van der Waals surface area contributed by atoms with Gasteiger partial charge in [-0.1, -0.05) is 64.2 Å². The van der Waals surface area contributed by atoms with E-state index in [0.29, 0.717) is 11.3 Å². The van der Waals surface area contributed by atoms with Crippen LogP contribution in [-0.4, -0.2) is 21.8 Å². The number of hydrogen-bond donors (Lipinski definition) is 2. The largest absolute Gasteiger partial charge is 0.411 e. The summed E-state index contributed by atoms with van der Waals surface area (Å²) in [4.78, 5) is 0. The molecule has 4 rings (SSSR count). The Morgan fingerprint density at radius 1 is 0.903 bits per heavy atom. The van der Waals surface area contributed by atoms with Crippen molar-refractivity contribution in [2.24, 2.45) is 62.6 Å². The van der Waals surface area contributed by atoms with Crippen LogP contribution in [0.2, 0.25) is 0 Å². The van der Waals surface area contributed by atoms with E-state index < -0.39 is 0 Å². The Morgan fingerprint density at radius 2 is 1.65 bits per heavy atom. The van der Waals surface area contributed by atoms with E-state index in [1.165, 1.54) is 44.9 Å². The van der Waals surface area contributed by atoms with Crippen molar-refractivity contribution in [1.29, 1.82) is 0 Å². The van der Waals surface area contributed by atoms with Crippen molar-refractivity contribution in [3.05, 3.63) is 0 Å². The molecule has 4 saturated carbocycles. The minimum Gasteiger partial charge on any atom is -0.411 e. The number of oxime groups is 2. The normalized spacial score (nSPS) is 46.1. The second-order valence-electron chi connectivity index (χ2n) is 12.6. The van der Waals surface area contributed by atoms with Gasteiger partial charge in [0, 0.05) is 5.92 Å². The zero-order valence-corrected chi connectivity index (χ0v) is 20.6. The van der Waals surface area contributed by atoms with Gasteiger partial charge in [0.1, 0.15) is 0 Å². The molecule has 8 atom stereocenters. The van der Waals surface area contributed by atoms with Crippen molar-refractivity contribution in [3.63, 3.8) is 0 Å². The Kier molecular flexibility index (Phi) is 6.49. The topological polar surface area (TPSA) is 65.2 Å². The molecule has 0 unspecified atom stereocenters. The Morgan fingerprint density at radius 3 is 2.32 bits per heavy atom. The highest BCUT2D eigenvalue weighted by Crippen LogP contribution is 2.67. The molecule has 176 valence electrons. The summed E-state index contributed by atoms with van der Waals surface area (Å²) in [6.45, 7) is 12.3. The zero-order valence-electron chi connectivity index (χ0n) is 20.6. The van der Waals surface area contributed by atoms with Gasteiger partial charge in [0.2, 0.25) is 0 Å². The first-order valence-electron chi connectivity index (χ1n) is 13.1. The molecule has 0 aromatic carbocycles. The Balaban J connectivity index is 1.54. The van der Waals surface area contributed by atoms with Gasteiger partial charge in [0.05, 0.1) is 11.4 Å². The van der Waals surface area contributed by atoms with E-state index >= 15 is 0 Å². The van der Waals surface area contributed by atoms with Gasteiger partial charge in [-0.3, -0.25) is 0 Å². The second-order valence-corrected chi connectivity index (χ2v) is 12.6. The van der Waals surface area contributed by atoms with E-state index in [2.05, 4.69) is 44.9 Å². The fourth-order valence-corrected chi connectivity index (χ4v) is 9.10. The van der Waals surface area contributed by atoms with Gasteiger partial charge in [-0.2, -0.15) is 0 Å². The van der Waals surface area contributed by atoms with E-state index in [1.54, 1.807) is 0 Å². The molecule has 0 radical (unpaired) electrons. The molecule has 4 fully saturated rings. The first kappa shape index (κ1) is 23.1. The number of rotatable bonds is 5. The summed E-state index contributed by atoms with van der Waals surface area (Å²) in [5.41, 5.74) is 2.51. The van der Waals surface area contributed by atoms with Crippen LogP contribution in [0.15, 0.2) is 10.3 Å². The lowest BCUT2D eigenvalue weighted by atomic mass is 9.44. The summed E-state index contributed by atoms with van der Waals surface area (Å²) in [6, 6.07) is 0. The van der Waals surface area contributed by atoms with E-state index in [-0.39, 0.29) is 11.3 Å². The highest BCUT2D eigenvalue weighted by molar-refractivity contribution is 5.95. The molecule has 4 aliphatic carbocycles.